The van der Waals surface area contributed by atoms with Crippen molar-refractivity contribution in [2.75, 3.05) is 11.5 Å². The van der Waals surface area contributed by atoms with Crippen molar-refractivity contribution >= 4 is 29.8 Å². The van der Waals surface area contributed by atoms with Crippen LogP contribution in [0.25, 0.3) is 0 Å². The van der Waals surface area contributed by atoms with Crippen molar-refractivity contribution in [3.8, 4) is 0 Å². The van der Waals surface area contributed by atoms with E-state index < -0.39 is 0 Å². The number of carbonyl (C=O) groups excluding carboxylic acids is 1. The molecule has 2 atom stereocenters. The molecule has 0 bridgehead atoms. The summed E-state index contributed by atoms with van der Waals surface area (Å²) in [6.07, 6.45) is 10.7. The molecule has 2 aliphatic heterocycles. The maximum absolute atomic E-state index is 10.7. The molecule has 2 fully saturated rings. The van der Waals surface area contributed by atoms with Gasteiger partial charge in [0.05, 0.1) is 16.3 Å². The fourth-order valence-electron chi connectivity index (χ4n) is 3.00. The van der Waals surface area contributed by atoms with Gasteiger partial charge < -0.3 is 9.53 Å². The number of aldehydes is 1. The second-order valence-corrected chi connectivity index (χ2v) is 8.66. The number of thioether (sulfide) groups is 2. The minimum Gasteiger partial charge on any atom is -0.372 e. The lowest BCUT2D eigenvalue weighted by Crippen LogP contribution is -2.47. The normalized spacial score (nSPS) is 30.4. The summed E-state index contributed by atoms with van der Waals surface area (Å²) in [5.41, 5.74) is 0. The van der Waals surface area contributed by atoms with Crippen LogP contribution in [-0.2, 0) is 9.53 Å². The molecule has 0 N–H and O–H groups in total. The van der Waals surface area contributed by atoms with Gasteiger partial charge in [0.1, 0.15) is 6.29 Å². The summed E-state index contributed by atoms with van der Waals surface area (Å²) in [5, 5.41) is 0. The Balaban J connectivity index is 1.97. The highest BCUT2D eigenvalue weighted by atomic mass is 32.2. The fraction of sp³-hybridized carbons (Fsp3) is 0.933. The Morgan fingerprint density at radius 2 is 2.11 bits per heavy atom. The average molecular weight is 303 g/mol. The maximum atomic E-state index is 10.7. The first-order chi connectivity index (χ1) is 9.30. The van der Waals surface area contributed by atoms with Gasteiger partial charge in [-0.3, -0.25) is 0 Å². The number of hydrogen-bond donors (Lipinski definition) is 0. The van der Waals surface area contributed by atoms with E-state index in [0.717, 1.165) is 12.7 Å². The number of hydrogen-bond acceptors (Lipinski definition) is 4. The zero-order valence-electron chi connectivity index (χ0n) is 11.9. The molecule has 0 aromatic heterocycles. The van der Waals surface area contributed by atoms with Crippen LogP contribution < -0.4 is 0 Å². The van der Waals surface area contributed by atoms with E-state index in [1.807, 2.05) is 0 Å². The topological polar surface area (TPSA) is 26.3 Å². The molecule has 1 spiro atoms. The van der Waals surface area contributed by atoms with Crippen LogP contribution in [0.2, 0.25) is 0 Å². The largest absolute Gasteiger partial charge is 0.372 e. The van der Waals surface area contributed by atoms with Crippen LogP contribution >= 0.6 is 23.5 Å². The Morgan fingerprint density at radius 1 is 1.32 bits per heavy atom. The van der Waals surface area contributed by atoms with Gasteiger partial charge in [-0.05, 0) is 37.2 Å². The molecule has 2 aliphatic rings. The van der Waals surface area contributed by atoms with Crippen LogP contribution in [0.3, 0.4) is 0 Å². The number of carbonyl (C=O) groups is 1. The summed E-state index contributed by atoms with van der Waals surface area (Å²) in [5.74, 6) is 2.55. The van der Waals surface area contributed by atoms with E-state index in [2.05, 4.69) is 30.4 Å². The fourth-order valence-corrected chi connectivity index (χ4v) is 6.52. The third-order valence-electron chi connectivity index (χ3n) is 4.07. The highest BCUT2D eigenvalue weighted by molar-refractivity contribution is 8.18. The zero-order valence-corrected chi connectivity index (χ0v) is 13.6. The van der Waals surface area contributed by atoms with Gasteiger partial charge in [-0.2, -0.15) is 0 Å². The first kappa shape index (κ1) is 15.7. The molecular weight excluding hydrogens is 276 g/mol. The van der Waals surface area contributed by atoms with Crippen molar-refractivity contribution in [2.45, 2.75) is 74.6 Å². The van der Waals surface area contributed by atoms with Crippen LogP contribution in [-0.4, -0.2) is 34.1 Å². The first-order valence-corrected chi connectivity index (χ1v) is 9.65. The predicted octanol–water partition coefficient (Wildman–Crippen LogP) is 4.27. The van der Waals surface area contributed by atoms with Gasteiger partial charge in [0.2, 0.25) is 0 Å². The summed E-state index contributed by atoms with van der Waals surface area (Å²) in [4.78, 5) is 10.7. The second-order valence-electron chi connectivity index (χ2n) is 5.55. The van der Waals surface area contributed by atoms with E-state index in [9.17, 15) is 4.79 Å². The van der Waals surface area contributed by atoms with Crippen LogP contribution in [0.5, 0.6) is 0 Å². The summed E-state index contributed by atoms with van der Waals surface area (Å²) in [6.45, 7) is 2.25. The Hall–Kier alpha value is 0.330. The van der Waals surface area contributed by atoms with Gasteiger partial charge in [-0.1, -0.05) is 26.2 Å². The maximum Gasteiger partial charge on any atom is 0.122 e. The van der Waals surface area contributed by atoms with E-state index in [1.54, 1.807) is 0 Å². The SMILES string of the molecule is CCCCC[C@H]1O[C@H](CC=O)CCC12SCCCS2. The van der Waals surface area contributed by atoms with E-state index >= 15 is 0 Å². The van der Waals surface area contributed by atoms with E-state index in [-0.39, 0.29) is 6.10 Å². The minimum atomic E-state index is 0.179. The van der Waals surface area contributed by atoms with Gasteiger partial charge in [0.25, 0.3) is 0 Å². The molecule has 19 heavy (non-hydrogen) atoms. The molecule has 2 nitrogen and oxygen atoms in total. The van der Waals surface area contributed by atoms with Crippen LogP contribution in [0.1, 0.15) is 58.3 Å². The van der Waals surface area contributed by atoms with Crippen molar-refractivity contribution < 1.29 is 9.53 Å². The van der Waals surface area contributed by atoms with Crippen molar-refractivity contribution in [2.24, 2.45) is 0 Å². The minimum absolute atomic E-state index is 0.179. The molecule has 0 aliphatic carbocycles. The zero-order chi connectivity index (χ0) is 13.6. The molecule has 2 saturated heterocycles. The molecule has 4 heteroatoms. The Bertz CT molecular complexity index is 277. The summed E-state index contributed by atoms with van der Waals surface area (Å²) in [6, 6.07) is 0. The monoisotopic (exact) mass is 302 g/mol. The molecule has 0 radical (unpaired) electrons. The average Bonchev–Trinajstić information content (AvgIpc) is 2.44. The lowest BCUT2D eigenvalue weighted by Gasteiger charge is -2.47. The summed E-state index contributed by atoms with van der Waals surface area (Å²) >= 11 is 4.24. The van der Waals surface area contributed by atoms with Crippen molar-refractivity contribution in [1.82, 2.24) is 0 Å². The smallest absolute Gasteiger partial charge is 0.122 e. The molecule has 2 heterocycles. The molecule has 110 valence electrons. The Kier molecular flexibility index (Phi) is 6.57. The van der Waals surface area contributed by atoms with Crippen LogP contribution in [0.4, 0.5) is 0 Å². The van der Waals surface area contributed by atoms with Crippen LogP contribution in [0, 0.1) is 0 Å². The number of rotatable bonds is 6. The molecule has 0 saturated carbocycles. The highest BCUT2D eigenvalue weighted by Crippen LogP contribution is 2.53. The quantitative estimate of drug-likeness (QED) is 0.541. The molecule has 0 aromatic rings. The molecule has 0 amide bonds. The van der Waals surface area contributed by atoms with E-state index in [1.165, 1.54) is 50.0 Å². The van der Waals surface area contributed by atoms with Crippen LogP contribution in [0.15, 0.2) is 0 Å². The van der Waals surface area contributed by atoms with Crippen molar-refractivity contribution in [3.05, 3.63) is 0 Å². The van der Waals surface area contributed by atoms with Crippen molar-refractivity contribution in [1.29, 1.82) is 0 Å². The van der Waals surface area contributed by atoms with Gasteiger partial charge in [-0.15, -0.1) is 23.5 Å². The number of ether oxygens (including phenoxy) is 1. The highest BCUT2D eigenvalue weighted by Gasteiger charge is 2.45. The molecule has 0 aromatic carbocycles. The van der Waals surface area contributed by atoms with Crippen molar-refractivity contribution in [3.63, 3.8) is 0 Å². The third-order valence-corrected chi connectivity index (χ3v) is 7.68. The Morgan fingerprint density at radius 3 is 2.79 bits per heavy atom. The van der Waals surface area contributed by atoms with Gasteiger partial charge in [0.15, 0.2) is 0 Å². The van der Waals surface area contributed by atoms with Gasteiger partial charge in [0, 0.05) is 6.42 Å². The Labute approximate surface area is 125 Å². The van der Waals surface area contributed by atoms with E-state index in [4.69, 9.17) is 4.74 Å². The summed E-state index contributed by atoms with van der Waals surface area (Å²) < 4.78 is 6.59. The lowest BCUT2D eigenvalue weighted by atomic mass is 9.97. The first-order valence-electron chi connectivity index (χ1n) is 7.68. The molecular formula is C15H26O2S2. The second kappa shape index (κ2) is 7.94. The molecule has 0 unspecified atom stereocenters. The standard InChI is InChI=1S/C15H26O2S2/c1-2-3-4-6-14-15(18-11-5-12-19-15)9-7-13(17-14)8-10-16/h10,13-14H,2-9,11-12H2,1H3/t13-,14+/m0/s1. The van der Waals surface area contributed by atoms with Gasteiger partial charge >= 0.3 is 0 Å². The van der Waals surface area contributed by atoms with E-state index in [0.29, 0.717) is 16.6 Å². The van der Waals surface area contributed by atoms with Gasteiger partial charge in [-0.25, -0.2) is 0 Å². The third kappa shape index (κ3) is 4.15. The predicted molar refractivity (Wildman–Crippen MR) is 85.0 cm³/mol. The molecule has 2 rings (SSSR count). The number of unbranched alkanes of at least 4 members (excludes halogenated alkanes) is 2. The summed E-state index contributed by atoms with van der Waals surface area (Å²) in [7, 11) is 0. The lowest BCUT2D eigenvalue weighted by molar-refractivity contribution is -0.114.